The molecule has 2 aromatic rings. The quantitative estimate of drug-likeness (QED) is 0.533. The molecule has 0 spiro atoms. The Kier molecular flexibility index (Phi) is 7.49. The highest BCUT2D eigenvalue weighted by Crippen LogP contribution is 2.17. The summed E-state index contributed by atoms with van der Waals surface area (Å²) in [6.07, 6.45) is 2.48. The fourth-order valence-electron chi connectivity index (χ4n) is 2.18. The van der Waals surface area contributed by atoms with Crippen molar-refractivity contribution < 1.29 is 22.4 Å². The summed E-state index contributed by atoms with van der Waals surface area (Å²) in [5.41, 5.74) is 5.64. The van der Waals surface area contributed by atoms with Gasteiger partial charge >= 0.3 is 0 Å². The van der Waals surface area contributed by atoms with Crippen molar-refractivity contribution >= 4 is 39.5 Å². The van der Waals surface area contributed by atoms with E-state index >= 15 is 0 Å². The molecule has 0 aromatic heterocycles. The van der Waals surface area contributed by atoms with Gasteiger partial charge in [0.25, 0.3) is 11.8 Å². The Balaban J connectivity index is 1.88. The van der Waals surface area contributed by atoms with E-state index in [9.17, 15) is 22.4 Å². The molecule has 2 N–H and O–H groups in total. The number of likely N-dealkylation sites (N-methyl/N-ethyl adjacent to an activating group) is 1. The Labute approximate surface area is 173 Å². The van der Waals surface area contributed by atoms with Gasteiger partial charge < -0.3 is 0 Å². The SMILES string of the molecule is Cc1ccc(S(=O)(=O)N(C)CC(=O)NNC(=O)/C=C/c2ccc(F)c(Cl)c2)cc1. The van der Waals surface area contributed by atoms with Gasteiger partial charge in [-0.05, 0) is 42.8 Å². The van der Waals surface area contributed by atoms with E-state index in [0.29, 0.717) is 5.56 Å². The van der Waals surface area contributed by atoms with Crippen LogP contribution in [0.1, 0.15) is 11.1 Å². The highest BCUT2D eigenvalue weighted by Gasteiger charge is 2.22. The topological polar surface area (TPSA) is 95.6 Å². The Hall–Kier alpha value is -2.75. The van der Waals surface area contributed by atoms with Crippen molar-refractivity contribution in [2.45, 2.75) is 11.8 Å². The number of nitrogens with one attached hydrogen (secondary N) is 2. The van der Waals surface area contributed by atoms with Gasteiger partial charge in [0.05, 0.1) is 16.5 Å². The van der Waals surface area contributed by atoms with E-state index in [1.54, 1.807) is 12.1 Å². The molecule has 2 amide bonds. The number of carbonyl (C=O) groups is 2. The number of nitrogens with zero attached hydrogens (tertiary/aromatic N) is 1. The minimum atomic E-state index is -3.84. The van der Waals surface area contributed by atoms with Crippen LogP contribution in [0.2, 0.25) is 5.02 Å². The van der Waals surface area contributed by atoms with Crippen LogP contribution in [0.25, 0.3) is 6.08 Å². The van der Waals surface area contributed by atoms with E-state index in [1.807, 2.05) is 6.92 Å². The maximum Gasteiger partial charge on any atom is 0.262 e. The first-order valence-corrected chi connectivity index (χ1v) is 10.2. The molecule has 0 aliphatic heterocycles. The van der Waals surface area contributed by atoms with Crippen LogP contribution in [0.3, 0.4) is 0 Å². The number of aryl methyl sites for hydroxylation is 1. The van der Waals surface area contributed by atoms with Gasteiger partial charge in [0.1, 0.15) is 5.82 Å². The summed E-state index contributed by atoms with van der Waals surface area (Å²) in [5.74, 6) is -1.97. The molecule has 7 nitrogen and oxygen atoms in total. The Morgan fingerprint density at radius 2 is 1.79 bits per heavy atom. The molecule has 0 fully saturated rings. The van der Waals surface area contributed by atoms with Crippen molar-refractivity contribution in [2.24, 2.45) is 0 Å². The lowest BCUT2D eigenvalue weighted by Gasteiger charge is -2.17. The molecule has 0 bridgehead atoms. The average molecular weight is 440 g/mol. The lowest BCUT2D eigenvalue weighted by atomic mass is 10.2. The highest BCUT2D eigenvalue weighted by atomic mass is 35.5. The lowest BCUT2D eigenvalue weighted by Crippen LogP contribution is -2.46. The molecule has 0 aliphatic rings. The largest absolute Gasteiger partial charge is 0.272 e. The lowest BCUT2D eigenvalue weighted by molar-refractivity contribution is -0.126. The van der Waals surface area contributed by atoms with Crippen molar-refractivity contribution in [3.05, 3.63) is 70.5 Å². The van der Waals surface area contributed by atoms with Crippen LogP contribution in [0.5, 0.6) is 0 Å². The van der Waals surface area contributed by atoms with Crippen LogP contribution in [-0.2, 0) is 19.6 Å². The van der Waals surface area contributed by atoms with Gasteiger partial charge in [0.2, 0.25) is 10.0 Å². The Morgan fingerprint density at radius 3 is 2.41 bits per heavy atom. The zero-order chi connectivity index (χ0) is 21.6. The van der Waals surface area contributed by atoms with E-state index in [2.05, 4.69) is 10.9 Å². The maximum atomic E-state index is 13.1. The van der Waals surface area contributed by atoms with Gasteiger partial charge in [-0.1, -0.05) is 35.4 Å². The second-order valence-corrected chi connectivity index (χ2v) is 8.57. The molecule has 0 aliphatic carbocycles. The third kappa shape index (κ3) is 6.38. The molecule has 0 atom stereocenters. The average Bonchev–Trinajstić information content (AvgIpc) is 2.67. The second kappa shape index (κ2) is 9.64. The molecule has 0 radical (unpaired) electrons. The van der Waals surface area contributed by atoms with E-state index in [0.717, 1.165) is 22.0 Å². The minimum Gasteiger partial charge on any atom is -0.272 e. The van der Waals surface area contributed by atoms with E-state index in [-0.39, 0.29) is 9.92 Å². The second-order valence-electron chi connectivity index (χ2n) is 6.12. The first-order valence-electron chi connectivity index (χ1n) is 8.34. The van der Waals surface area contributed by atoms with Crippen molar-refractivity contribution in [1.29, 1.82) is 0 Å². The summed E-state index contributed by atoms with van der Waals surface area (Å²) >= 11 is 5.65. The molecule has 2 rings (SSSR count). The molecule has 2 aromatic carbocycles. The summed E-state index contributed by atoms with van der Waals surface area (Å²) in [4.78, 5) is 23.7. The van der Waals surface area contributed by atoms with Crippen molar-refractivity contribution in [1.82, 2.24) is 15.2 Å². The molecule has 0 saturated heterocycles. The van der Waals surface area contributed by atoms with Gasteiger partial charge in [-0.2, -0.15) is 4.31 Å². The number of benzene rings is 2. The summed E-state index contributed by atoms with van der Waals surface area (Å²) in [6.45, 7) is 1.34. The van der Waals surface area contributed by atoms with Crippen LogP contribution in [0.4, 0.5) is 4.39 Å². The zero-order valence-electron chi connectivity index (χ0n) is 15.6. The van der Waals surface area contributed by atoms with Gasteiger partial charge in [-0.3, -0.25) is 20.4 Å². The predicted molar refractivity (Wildman–Crippen MR) is 108 cm³/mol. The van der Waals surface area contributed by atoms with Gasteiger partial charge in [0.15, 0.2) is 0 Å². The molecule has 10 heteroatoms. The van der Waals surface area contributed by atoms with Gasteiger partial charge in [-0.25, -0.2) is 12.8 Å². The van der Waals surface area contributed by atoms with Crippen LogP contribution in [-0.4, -0.2) is 38.1 Å². The number of hydrogen-bond donors (Lipinski definition) is 2. The number of carbonyl (C=O) groups excluding carboxylic acids is 2. The number of hydrogen-bond acceptors (Lipinski definition) is 4. The highest BCUT2D eigenvalue weighted by molar-refractivity contribution is 7.89. The first-order chi connectivity index (χ1) is 13.6. The molecular formula is C19H19ClFN3O4S. The smallest absolute Gasteiger partial charge is 0.262 e. The summed E-state index contributed by atoms with van der Waals surface area (Å²) in [7, 11) is -2.58. The van der Waals surface area contributed by atoms with Crippen LogP contribution >= 0.6 is 11.6 Å². The molecule has 29 heavy (non-hydrogen) atoms. The standard InChI is InChI=1S/C19H19ClFN3O4S/c1-13-3-7-15(8-4-13)29(27,28)24(2)12-19(26)23-22-18(25)10-6-14-5-9-17(21)16(20)11-14/h3-11H,12H2,1-2H3,(H,22,25)(H,23,26)/b10-6+. The predicted octanol–water partition coefficient (Wildman–Crippen LogP) is 2.27. The van der Waals surface area contributed by atoms with Crippen molar-refractivity contribution in [3.8, 4) is 0 Å². The van der Waals surface area contributed by atoms with E-state index < -0.39 is 34.2 Å². The Bertz CT molecular complexity index is 1040. The molecule has 0 unspecified atom stereocenters. The normalized spacial score (nSPS) is 11.6. The van der Waals surface area contributed by atoms with Crippen molar-refractivity contribution in [2.75, 3.05) is 13.6 Å². The van der Waals surface area contributed by atoms with E-state index in [1.165, 1.54) is 37.4 Å². The minimum absolute atomic E-state index is 0.0586. The van der Waals surface area contributed by atoms with Crippen LogP contribution in [0, 0.1) is 12.7 Å². The summed E-state index contributed by atoms with van der Waals surface area (Å²) in [5, 5.41) is -0.0846. The number of halogens is 2. The summed E-state index contributed by atoms with van der Waals surface area (Å²) < 4.78 is 38.8. The number of sulfonamides is 1. The van der Waals surface area contributed by atoms with Gasteiger partial charge in [0, 0.05) is 13.1 Å². The fraction of sp³-hybridized carbons (Fsp3) is 0.158. The first kappa shape index (κ1) is 22.5. The molecule has 154 valence electrons. The third-order valence-corrected chi connectivity index (χ3v) is 5.90. The Morgan fingerprint density at radius 1 is 1.14 bits per heavy atom. The molecular weight excluding hydrogens is 421 g/mol. The van der Waals surface area contributed by atoms with Crippen LogP contribution < -0.4 is 10.9 Å². The summed E-state index contributed by atoms with van der Waals surface area (Å²) in [6, 6.07) is 10.1. The maximum absolute atomic E-state index is 13.1. The monoisotopic (exact) mass is 439 g/mol. The zero-order valence-corrected chi connectivity index (χ0v) is 17.2. The molecule has 0 heterocycles. The fourth-order valence-corrected chi connectivity index (χ4v) is 3.49. The number of rotatable bonds is 6. The number of hydrazine groups is 1. The van der Waals surface area contributed by atoms with Crippen molar-refractivity contribution in [3.63, 3.8) is 0 Å². The third-order valence-electron chi connectivity index (χ3n) is 3.79. The van der Waals surface area contributed by atoms with Gasteiger partial charge in [-0.15, -0.1) is 0 Å². The van der Waals surface area contributed by atoms with E-state index in [4.69, 9.17) is 11.6 Å². The molecule has 0 saturated carbocycles. The number of amides is 2. The van der Waals surface area contributed by atoms with Crippen LogP contribution in [0.15, 0.2) is 53.4 Å².